The van der Waals surface area contributed by atoms with E-state index in [9.17, 15) is 0 Å². The van der Waals surface area contributed by atoms with Gasteiger partial charge in [0.15, 0.2) is 0 Å². The molecule has 0 aliphatic rings. The predicted molar refractivity (Wildman–Crippen MR) is 44.4 cm³/mol. The first-order chi connectivity index (χ1) is 3.72. The monoisotopic (exact) mass is 153 g/mol. The summed E-state index contributed by atoms with van der Waals surface area (Å²) < 4.78 is 0. The van der Waals surface area contributed by atoms with Crippen LogP contribution in [0, 0.1) is 0 Å². The van der Waals surface area contributed by atoms with Crippen molar-refractivity contribution in [3.05, 3.63) is 0 Å². The standard InChI is InChI=1S/C4H11NOS2/c1-8-4(6)3(5)2-7/h3,6-8H,2,5H2,1H3/t3-/m0/s1. The zero-order valence-electron chi connectivity index (χ0n) is 4.70. The first-order valence-corrected chi connectivity index (χ1v) is 4.22. The van der Waals surface area contributed by atoms with E-state index in [0.717, 1.165) is 11.4 Å². The molecule has 0 bridgehead atoms. The third kappa shape index (κ3) is 2.71. The molecule has 2 nitrogen and oxygen atoms in total. The van der Waals surface area contributed by atoms with E-state index in [1.165, 1.54) is 0 Å². The van der Waals surface area contributed by atoms with Gasteiger partial charge in [-0.25, -0.2) is 0 Å². The summed E-state index contributed by atoms with van der Waals surface area (Å²) in [7, 11) is 0. The van der Waals surface area contributed by atoms with Crippen molar-refractivity contribution in [1.29, 1.82) is 0 Å². The summed E-state index contributed by atoms with van der Waals surface area (Å²) in [5.41, 5.74) is 5.36. The number of rotatable bonds is 2. The molecule has 0 spiro atoms. The van der Waals surface area contributed by atoms with Crippen molar-refractivity contribution < 1.29 is 5.11 Å². The van der Waals surface area contributed by atoms with Crippen LogP contribution in [0.25, 0.3) is 0 Å². The zero-order valence-corrected chi connectivity index (χ0v) is 6.49. The predicted octanol–water partition coefficient (Wildman–Crippen LogP) is 0.0267. The Hall–Kier alpha value is 0.490. The maximum atomic E-state index is 8.86. The lowest BCUT2D eigenvalue weighted by atomic mass is 10.4. The number of nitrogens with two attached hydrogens (primary N) is 1. The van der Waals surface area contributed by atoms with Gasteiger partial charge >= 0.3 is 0 Å². The Kier molecular flexibility index (Phi) is 4.64. The fourth-order valence-corrected chi connectivity index (χ4v) is 0.987. The van der Waals surface area contributed by atoms with Crippen LogP contribution in [0.3, 0.4) is 0 Å². The molecule has 0 amide bonds. The highest BCUT2D eigenvalue weighted by molar-refractivity contribution is 7.97. The smallest absolute Gasteiger partial charge is 0.0868 e. The minimum atomic E-state index is -0.259. The van der Waals surface area contributed by atoms with E-state index in [1.807, 2.05) is 6.26 Å². The molecule has 50 valence electrons. The second-order valence-electron chi connectivity index (χ2n) is 1.37. The molecule has 0 aromatic heterocycles. The summed E-state index contributed by atoms with van der Waals surface area (Å²) >= 11 is 4.73. The molecule has 3 N–H and O–H groups in total. The van der Waals surface area contributed by atoms with Crippen molar-refractivity contribution in [2.45, 2.75) is 6.04 Å². The molecule has 4 heteroatoms. The van der Waals surface area contributed by atoms with Crippen molar-refractivity contribution in [3.63, 3.8) is 0 Å². The topological polar surface area (TPSA) is 46.2 Å². The second-order valence-corrected chi connectivity index (χ2v) is 2.64. The summed E-state index contributed by atoms with van der Waals surface area (Å²) in [6, 6.07) is -0.259. The Morgan fingerprint density at radius 2 is 2.50 bits per heavy atom. The molecule has 0 aromatic carbocycles. The van der Waals surface area contributed by atoms with Crippen molar-refractivity contribution >= 4 is 29.0 Å². The van der Waals surface area contributed by atoms with E-state index >= 15 is 0 Å². The van der Waals surface area contributed by atoms with Crippen LogP contribution in [0.15, 0.2) is 0 Å². The third-order valence-corrected chi connectivity index (χ3v) is 1.94. The Balaban J connectivity index is 3.63. The highest BCUT2D eigenvalue weighted by Gasteiger charge is 2.00. The minimum Gasteiger partial charge on any atom is -0.358 e. The number of aliphatic hydroxyl groups excluding tert-OH is 1. The SMILES string of the molecule is C[SH]=C(O)[C@@H](N)CS. The van der Waals surface area contributed by atoms with Crippen LogP contribution in [0.4, 0.5) is 0 Å². The quantitative estimate of drug-likeness (QED) is 0.334. The molecular formula is C4H11NOS2. The highest BCUT2D eigenvalue weighted by atomic mass is 32.1. The summed E-state index contributed by atoms with van der Waals surface area (Å²) in [5.74, 6) is 0.507. The van der Waals surface area contributed by atoms with Crippen LogP contribution in [0.5, 0.6) is 0 Å². The van der Waals surface area contributed by atoms with Crippen molar-refractivity contribution in [1.82, 2.24) is 0 Å². The fourth-order valence-electron chi connectivity index (χ4n) is 0.247. The number of hydrogen-bond donors (Lipinski definition) is 4. The maximum absolute atomic E-state index is 8.86. The highest BCUT2D eigenvalue weighted by Crippen LogP contribution is 1.89. The summed E-state index contributed by atoms with van der Waals surface area (Å²) in [6.07, 6.45) is 1.83. The molecule has 0 saturated carbocycles. The normalized spacial score (nSPS) is 17.2. The van der Waals surface area contributed by atoms with Crippen LogP contribution < -0.4 is 5.73 Å². The first-order valence-electron chi connectivity index (χ1n) is 2.24. The van der Waals surface area contributed by atoms with Gasteiger partial charge in [-0.3, -0.25) is 0 Å². The second kappa shape index (κ2) is 4.38. The Bertz CT molecular complexity index is 94.0. The van der Waals surface area contributed by atoms with Crippen LogP contribution in [0.1, 0.15) is 0 Å². The van der Waals surface area contributed by atoms with E-state index in [0.29, 0.717) is 10.8 Å². The van der Waals surface area contributed by atoms with E-state index in [-0.39, 0.29) is 6.04 Å². The lowest BCUT2D eigenvalue weighted by Crippen LogP contribution is -2.30. The zero-order chi connectivity index (χ0) is 6.57. The van der Waals surface area contributed by atoms with Gasteiger partial charge in [-0.2, -0.15) is 24.0 Å². The lowest BCUT2D eigenvalue weighted by molar-refractivity contribution is 0.539. The van der Waals surface area contributed by atoms with Gasteiger partial charge in [-0.15, -0.1) is 0 Å². The van der Waals surface area contributed by atoms with Crippen LogP contribution >= 0.6 is 24.0 Å². The van der Waals surface area contributed by atoms with Crippen molar-refractivity contribution in [2.24, 2.45) is 5.73 Å². The van der Waals surface area contributed by atoms with Gasteiger partial charge in [-0.1, -0.05) is 0 Å². The van der Waals surface area contributed by atoms with Crippen LogP contribution in [-0.2, 0) is 0 Å². The van der Waals surface area contributed by atoms with E-state index in [2.05, 4.69) is 12.6 Å². The van der Waals surface area contributed by atoms with Gasteiger partial charge in [0.2, 0.25) is 0 Å². The first kappa shape index (κ1) is 8.49. The molecule has 0 aliphatic heterocycles. The summed E-state index contributed by atoms with van der Waals surface area (Å²) in [6.45, 7) is 0. The fraction of sp³-hybridized carbons (Fsp3) is 0.750. The Labute approximate surface area is 58.5 Å². The largest absolute Gasteiger partial charge is 0.358 e. The van der Waals surface area contributed by atoms with Crippen molar-refractivity contribution in [3.8, 4) is 0 Å². The molecule has 0 unspecified atom stereocenters. The number of aliphatic hydroxyl groups is 1. The van der Waals surface area contributed by atoms with Crippen molar-refractivity contribution in [2.75, 3.05) is 12.0 Å². The third-order valence-electron chi connectivity index (χ3n) is 0.757. The van der Waals surface area contributed by atoms with Gasteiger partial charge in [0.25, 0.3) is 0 Å². The molecule has 0 aliphatic carbocycles. The Morgan fingerprint density at radius 1 is 2.00 bits per heavy atom. The average Bonchev–Trinajstić information content (AvgIpc) is 1.84. The van der Waals surface area contributed by atoms with Gasteiger partial charge in [0, 0.05) is 5.75 Å². The molecule has 0 radical (unpaired) electrons. The van der Waals surface area contributed by atoms with E-state index in [1.54, 1.807) is 0 Å². The molecule has 8 heavy (non-hydrogen) atoms. The molecule has 0 aromatic rings. The summed E-state index contributed by atoms with van der Waals surface area (Å²) in [4.78, 5) is 0. The number of hydrogen-bond acceptors (Lipinski definition) is 2. The summed E-state index contributed by atoms with van der Waals surface area (Å²) in [5, 5.41) is 9.16. The lowest BCUT2D eigenvalue weighted by Gasteiger charge is -2.04. The van der Waals surface area contributed by atoms with Gasteiger partial charge < -0.3 is 10.8 Å². The van der Waals surface area contributed by atoms with Gasteiger partial charge in [0.05, 0.1) is 11.1 Å². The van der Waals surface area contributed by atoms with Crippen LogP contribution in [0.2, 0.25) is 0 Å². The minimum absolute atomic E-state index is 0.259. The molecule has 0 saturated heterocycles. The maximum Gasteiger partial charge on any atom is 0.0868 e. The van der Waals surface area contributed by atoms with E-state index < -0.39 is 0 Å². The number of thiol groups is 2. The molecule has 0 rings (SSSR count). The average molecular weight is 153 g/mol. The molecule has 0 heterocycles. The van der Waals surface area contributed by atoms with E-state index in [4.69, 9.17) is 10.8 Å². The molecular weight excluding hydrogens is 142 g/mol. The van der Waals surface area contributed by atoms with Gasteiger partial charge in [-0.05, 0) is 6.26 Å². The van der Waals surface area contributed by atoms with Gasteiger partial charge in [0.1, 0.15) is 0 Å². The Morgan fingerprint density at radius 3 is 2.62 bits per heavy atom. The molecule has 1 atom stereocenters. The molecule has 0 fully saturated rings. The van der Waals surface area contributed by atoms with Crippen LogP contribution in [-0.4, -0.2) is 28.2 Å².